The van der Waals surface area contributed by atoms with E-state index in [1.807, 2.05) is 21.0 Å². The Morgan fingerprint density at radius 3 is 2.65 bits per heavy atom. The summed E-state index contributed by atoms with van der Waals surface area (Å²) >= 11 is 0. The summed E-state index contributed by atoms with van der Waals surface area (Å²) in [5.41, 5.74) is 0.978. The predicted molar refractivity (Wildman–Crippen MR) is 64.6 cm³/mol. The average Bonchev–Trinajstić information content (AvgIpc) is 2.74. The van der Waals surface area contributed by atoms with Gasteiger partial charge in [-0.25, -0.2) is 15.0 Å². The topological polar surface area (TPSA) is 80.5 Å². The maximum atomic E-state index is 4.18. The molecular formula is C10H15N7. The molecule has 0 unspecified atom stereocenters. The van der Waals surface area contributed by atoms with Gasteiger partial charge in [0.05, 0.1) is 6.54 Å². The molecule has 0 radical (unpaired) electrons. The lowest BCUT2D eigenvalue weighted by Gasteiger charge is -2.09. The monoisotopic (exact) mass is 233 g/mol. The molecule has 0 bridgehead atoms. The summed E-state index contributed by atoms with van der Waals surface area (Å²) in [6.07, 6.45) is 3.19. The van der Waals surface area contributed by atoms with Crippen LogP contribution in [0.25, 0.3) is 0 Å². The molecule has 17 heavy (non-hydrogen) atoms. The van der Waals surface area contributed by atoms with Crippen LogP contribution in [0.3, 0.4) is 0 Å². The normalized spacial score (nSPS) is 10.3. The highest BCUT2D eigenvalue weighted by atomic mass is 15.3. The van der Waals surface area contributed by atoms with Crippen LogP contribution in [0.5, 0.6) is 0 Å². The highest BCUT2D eigenvalue weighted by molar-refractivity contribution is 5.55. The van der Waals surface area contributed by atoms with Gasteiger partial charge in [0.2, 0.25) is 0 Å². The first-order chi connectivity index (χ1) is 8.20. The molecule has 0 spiro atoms. The van der Waals surface area contributed by atoms with E-state index in [2.05, 4.69) is 30.7 Å². The summed E-state index contributed by atoms with van der Waals surface area (Å²) in [5, 5.41) is 10.4. The maximum absolute atomic E-state index is 4.18. The predicted octanol–water partition coefficient (Wildman–Crippen LogP) is 0.567. The summed E-state index contributed by atoms with van der Waals surface area (Å²) < 4.78 is 1.67. The molecule has 0 aromatic carbocycles. The number of aryl methyl sites for hydroxylation is 1. The van der Waals surface area contributed by atoms with Crippen molar-refractivity contribution in [1.82, 2.24) is 24.7 Å². The van der Waals surface area contributed by atoms with E-state index in [1.54, 1.807) is 11.0 Å². The van der Waals surface area contributed by atoms with Gasteiger partial charge < -0.3 is 10.6 Å². The summed E-state index contributed by atoms with van der Waals surface area (Å²) in [7, 11) is 3.67. The molecule has 0 atom stereocenters. The van der Waals surface area contributed by atoms with Gasteiger partial charge in [-0.2, -0.15) is 5.10 Å². The van der Waals surface area contributed by atoms with Crippen molar-refractivity contribution in [3.63, 3.8) is 0 Å². The lowest BCUT2D eigenvalue weighted by molar-refractivity contribution is 0.746. The maximum Gasteiger partial charge on any atom is 0.169 e. The summed E-state index contributed by atoms with van der Waals surface area (Å²) in [6.45, 7) is 2.50. The van der Waals surface area contributed by atoms with Gasteiger partial charge in [0.25, 0.3) is 0 Å². The number of rotatable bonds is 4. The highest BCUT2D eigenvalue weighted by Crippen LogP contribution is 2.17. The first-order valence-corrected chi connectivity index (χ1v) is 5.28. The summed E-state index contributed by atoms with van der Waals surface area (Å²) in [6, 6.07) is 0. The molecule has 0 saturated heterocycles. The fraction of sp³-hybridized carbons (Fsp3) is 0.400. The van der Waals surface area contributed by atoms with Gasteiger partial charge in [-0.15, -0.1) is 0 Å². The minimum absolute atomic E-state index is 0.543. The minimum Gasteiger partial charge on any atom is -0.373 e. The highest BCUT2D eigenvalue weighted by Gasteiger charge is 2.06. The van der Waals surface area contributed by atoms with Crippen molar-refractivity contribution in [3.8, 4) is 0 Å². The Bertz CT molecular complexity index is 505. The zero-order chi connectivity index (χ0) is 12.3. The molecule has 2 N–H and O–H groups in total. The zero-order valence-corrected chi connectivity index (χ0v) is 10.1. The summed E-state index contributed by atoms with van der Waals surface area (Å²) in [5.74, 6) is 2.34. The van der Waals surface area contributed by atoms with Gasteiger partial charge in [0.1, 0.15) is 24.3 Å². The SMILES string of the molecule is CNc1ncnc(NCc2ncn(C)n2)c1C. The van der Waals surface area contributed by atoms with Crippen LogP contribution in [-0.4, -0.2) is 31.8 Å². The number of nitrogens with zero attached hydrogens (tertiary/aromatic N) is 5. The van der Waals surface area contributed by atoms with E-state index < -0.39 is 0 Å². The third kappa shape index (κ3) is 2.49. The molecule has 0 saturated carbocycles. The smallest absolute Gasteiger partial charge is 0.169 e. The molecule has 0 aliphatic carbocycles. The number of hydrogen-bond acceptors (Lipinski definition) is 6. The lowest BCUT2D eigenvalue weighted by Crippen LogP contribution is -2.07. The van der Waals surface area contributed by atoms with E-state index in [1.165, 1.54) is 6.33 Å². The second-order valence-electron chi connectivity index (χ2n) is 3.63. The van der Waals surface area contributed by atoms with Gasteiger partial charge in [0, 0.05) is 19.7 Å². The van der Waals surface area contributed by atoms with E-state index in [9.17, 15) is 0 Å². The number of hydrogen-bond donors (Lipinski definition) is 2. The molecule has 2 aromatic heterocycles. The van der Waals surface area contributed by atoms with Crippen molar-refractivity contribution in [2.24, 2.45) is 7.05 Å². The van der Waals surface area contributed by atoms with E-state index in [4.69, 9.17) is 0 Å². The third-order valence-corrected chi connectivity index (χ3v) is 2.38. The van der Waals surface area contributed by atoms with Crippen LogP contribution >= 0.6 is 0 Å². The summed E-state index contributed by atoms with van der Waals surface area (Å²) in [4.78, 5) is 12.4. The van der Waals surface area contributed by atoms with E-state index in [-0.39, 0.29) is 0 Å². The number of aromatic nitrogens is 5. The van der Waals surface area contributed by atoms with E-state index in [0.29, 0.717) is 6.54 Å². The molecule has 7 nitrogen and oxygen atoms in total. The Labute approximate surface area is 99.3 Å². The van der Waals surface area contributed by atoms with Crippen LogP contribution in [0, 0.1) is 6.92 Å². The quantitative estimate of drug-likeness (QED) is 0.803. The van der Waals surface area contributed by atoms with Crippen molar-refractivity contribution >= 4 is 11.6 Å². The average molecular weight is 233 g/mol. The molecule has 7 heteroatoms. The van der Waals surface area contributed by atoms with Crippen molar-refractivity contribution < 1.29 is 0 Å². The molecule has 2 heterocycles. The molecule has 0 aliphatic heterocycles. The molecule has 0 aliphatic rings. The van der Waals surface area contributed by atoms with Crippen LogP contribution < -0.4 is 10.6 Å². The van der Waals surface area contributed by atoms with E-state index in [0.717, 1.165) is 23.0 Å². The van der Waals surface area contributed by atoms with Crippen molar-refractivity contribution in [2.45, 2.75) is 13.5 Å². The lowest BCUT2D eigenvalue weighted by atomic mass is 10.3. The number of anilines is 2. The number of nitrogens with one attached hydrogen (secondary N) is 2. The molecule has 2 aromatic rings. The van der Waals surface area contributed by atoms with Crippen molar-refractivity contribution in [3.05, 3.63) is 24.0 Å². The van der Waals surface area contributed by atoms with Gasteiger partial charge >= 0.3 is 0 Å². The van der Waals surface area contributed by atoms with Crippen LogP contribution in [-0.2, 0) is 13.6 Å². The largest absolute Gasteiger partial charge is 0.373 e. The van der Waals surface area contributed by atoms with Crippen LogP contribution in [0.2, 0.25) is 0 Å². The van der Waals surface area contributed by atoms with Gasteiger partial charge in [-0.3, -0.25) is 4.68 Å². The Morgan fingerprint density at radius 1 is 1.24 bits per heavy atom. The first-order valence-electron chi connectivity index (χ1n) is 5.28. The van der Waals surface area contributed by atoms with Crippen LogP contribution in [0.4, 0.5) is 11.6 Å². The first kappa shape index (κ1) is 11.3. The van der Waals surface area contributed by atoms with Gasteiger partial charge in [-0.1, -0.05) is 0 Å². The molecule has 2 rings (SSSR count). The van der Waals surface area contributed by atoms with E-state index >= 15 is 0 Å². The van der Waals surface area contributed by atoms with Crippen molar-refractivity contribution in [2.75, 3.05) is 17.7 Å². The van der Waals surface area contributed by atoms with Crippen LogP contribution in [0.15, 0.2) is 12.7 Å². The van der Waals surface area contributed by atoms with Crippen LogP contribution in [0.1, 0.15) is 11.4 Å². The Balaban J connectivity index is 2.09. The van der Waals surface area contributed by atoms with Crippen molar-refractivity contribution in [1.29, 1.82) is 0 Å². The van der Waals surface area contributed by atoms with Gasteiger partial charge in [-0.05, 0) is 6.92 Å². The molecule has 90 valence electrons. The second kappa shape index (κ2) is 4.77. The molecular weight excluding hydrogens is 218 g/mol. The van der Waals surface area contributed by atoms with Gasteiger partial charge in [0.15, 0.2) is 5.82 Å². The standard InChI is InChI=1S/C10H15N7/c1-7-9(11-2)13-5-14-10(7)12-4-8-15-6-17(3)16-8/h5-6H,4H2,1-3H3,(H2,11,12,13,14). The molecule has 0 amide bonds. The fourth-order valence-electron chi connectivity index (χ4n) is 1.51. The molecule has 0 fully saturated rings. The zero-order valence-electron chi connectivity index (χ0n) is 10.1. The Morgan fingerprint density at radius 2 is 2.00 bits per heavy atom. The fourth-order valence-corrected chi connectivity index (χ4v) is 1.51. The Kier molecular flexibility index (Phi) is 3.17. The second-order valence-corrected chi connectivity index (χ2v) is 3.63. The Hall–Kier alpha value is -2.18. The third-order valence-electron chi connectivity index (χ3n) is 2.38. The minimum atomic E-state index is 0.543.